The van der Waals surface area contributed by atoms with Gasteiger partial charge in [-0.2, -0.15) is 0 Å². The van der Waals surface area contributed by atoms with E-state index in [2.05, 4.69) is 0 Å². The lowest BCUT2D eigenvalue weighted by molar-refractivity contribution is -0.0257. The molecule has 1 rings (SSSR count). The van der Waals surface area contributed by atoms with Gasteiger partial charge in [0, 0.05) is 18.7 Å². The van der Waals surface area contributed by atoms with Crippen LogP contribution in [0.3, 0.4) is 0 Å². The minimum absolute atomic E-state index is 0.114. The smallest absolute Gasteiger partial charge is 0.0947 e. The lowest BCUT2D eigenvalue weighted by Gasteiger charge is -2.24. The molecule has 0 aliphatic rings. The van der Waals surface area contributed by atoms with E-state index in [0.717, 1.165) is 12.0 Å². The Kier molecular flexibility index (Phi) is 6.09. The third-order valence-electron chi connectivity index (χ3n) is 3.01. The van der Waals surface area contributed by atoms with Crippen molar-refractivity contribution in [3.63, 3.8) is 0 Å². The maximum absolute atomic E-state index is 5.96. The maximum atomic E-state index is 5.96. The second kappa shape index (κ2) is 7.10. The van der Waals surface area contributed by atoms with Gasteiger partial charge in [-0.05, 0) is 38.0 Å². The largest absolute Gasteiger partial charge is 0.379 e. The molecule has 18 heavy (non-hydrogen) atoms. The lowest BCUT2D eigenvalue weighted by atomic mass is 10.1. The number of nitrogens with two attached hydrogens (primary N) is 1. The quantitative estimate of drug-likeness (QED) is 0.828. The summed E-state index contributed by atoms with van der Waals surface area (Å²) in [5, 5.41) is 0.701. The van der Waals surface area contributed by atoms with Crippen LogP contribution in [0, 0.1) is 0 Å². The summed E-state index contributed by atoms with van der Waals surface area (Å²) in [5.74, 6) is 0. The highest BCUT2D eigenvalue weighted by Gasteiger charge is 2.17. The van der Waals surface area contributed by atoms with Gasteiger partial charge in [-0.3, -0.25) is 0 Å². The molecule has 1 atom stereocenters. The Morgan fingerprint density at radius 1 is 1.39 bits per heavy atom. The number of rotatable bonds is 7. The van der Waals surface area contributed by atoms with Crippen molar-refractivity contribution in [2.75, 3.05) is 20.3 Å². The molecule has 2 N–H and O–H groups in total. The van der Waals surface area contributed by atoms with Gasteiger partial charge >= 0.3 is 0 Å². The highest BCUT2D eigenvalue weighted by molar-refractivity contribution is 6.30. The number of ether oxygens (including phenoxy) is 2. The fraction of sp³-hybridized carbons (Fsp3) is 0.571. The molecule has 1 aromatic rings. The van der Waals surface area contributed by atoms with Crippen molar-refractivity contribution in [2.24, 2.45) is 5.73 Å². The van der Waals surface area contributed by atoms with Crippen LogP contribution in [0.5, 0.6) is 0 Å². The van der Waals surface area contributed by atoms with E-state index >= 15 is 0 Å². The van der Waals surface area contributed by atoms with Crippen LogP contribution in [0.2, 0.25) is 5.02 Å². The minimum atomic E-state index is -0.173. The molecule has 1 aromatic carbocycles. The molecule has 0 saturated carbocycles. The standard InChI is InChI=1S/C14H22ClNO2/c1-14(2,17-3)7-8-18-13(10-16)11-5-4-6-12(15)9-11/h4-6,9,13H,7-8,10,16H2,1-3H3. The van der Waals surface area contributed by atoms with E-state index in [0.29, 0.717) is 18.2 Å². The van der Waals surface area contributed by atoms with Crippen LogP contribution in [0.1, 0.15) is 31.9 Å². The molecule has 0 spiro atoms. The SMILES string of the molecule is COC(C)(C)CCOC(CN)c1cccc(Cl)c1. The molecule has 0 saturated heterocycles. The molecule has 1 unspecified atom stereocenters. The Bertz CT molecular complexity index is 369. The van der Waals surface area contributed by atoms with Crippen LogP contribution >= 0.6 is 11.6 Å². The van der Waals surface area contributed by atoms with E-state index in [4.69, 9.17) is 26.8 Å². The van der Waals surface area contributed by atoms with E-state index in [1.807, 2.05) is 38.1 Å². The predicted octanol–water partition coefficient (Wildman–Crippen LogP) is 3.17. The second-order valence-electron chi connectivity index (χ2n) is 4.86. The average molecular weight is 272 g/mol. The van der Waals surface area contributed by atoms with Crippen LogP contribution in [-0.2, 0) is 9.47 Å². The first-order valence-electron chi connectivity index (χ1n) is 6.11. The highest BCUT2D eigenvalue weighted by atomic mass is 35.5. The first-order valence-corrected chi connectivity index (χ1v) is 6.48. The van der Waals surface area contributed by atoms with Gasteiger partial charge in [0.05, 0.1) is 18.3 Å². The number of hydrogen-bond donors (Lipinski definition) is 1. The Balaban J connectivity index is 2.53. The molecular formula is C14H22ClNO2. The summed E-state index contributed by atoms with van der Waals surface area (Å²) in [5.41, 5.74) is 6.58. The lowest BCUT2D eigenvalue weighted by Crippen LogP contribution is -2.26. The Morgan fingerprint density at radius 3 is 2.67 bits per heavy atom. The monoisotopic (exact) mass is 271 g/mol. The molecule has 0 amide bonds. The Morgan fingerprint density at radius 2 is 2.11 bits per heavy atom. The normalized spacial score (nSPS) is 13.6. The molecule has 0 fully saturated rings. The number of halogens is 1. The first kappa shape index (κ1) is 15.4. The van der Waals surface area contributed by atoms with E-state index in [1.54, 1.807) is 7.11 Å². The summed E-state index contributed by atoms with van der Waals surface area (Å²) < 4.78 is 11.2. The van der Waals surface area contributed by atoms with Crippen LogP contribution < -0.4 is 5.73 Å². The summed E-state index contributed by atoms with van der Waals surface area (Å²) in [7, 11) is 1.71. The van der Waals surface area contributed by atoms with Gasteiger partial charge in [0.25, 0.3) is 0 Å². The molecule has 0 aliphatic heterocycles. The summed E-state index contributed by atoms with van der Waals surface area (Å²) in [4.78, 5) is 0. The Labute approximate surface area is 114 Å². The zero-order chi connectivity index (χ0) is 13.6. The number of hydrogen-bond acceptors (Lipinski definition) is 3. The van der Waals surface area contributed by atoms with Gasteiger partial charge in [-0.1, -0.05) is 23.7 Å². The topological polar surface area (TPSA) is 44.5 Å². The first-order chi connectivity index (χ1) is 8.48. The fourth-order valence-electron chi connectivity index (χ4n) is 1.56. The maximum Gasteiger partial charge on any atom is 0.0947 e. The van der Waals surface area contributed by atoms with Gasteiger partial charge in [-0.15, -0.1) is 0 Å². The molecule has 0 heterocycles. The Hall–Kier alpha value is -0.610. The zero-order valence-corrected chi connectivity index (χ0v) is 12.0. The molecule has 0 aromatic heterocycles. The van der Waals surface area contributed by atoms with Crippen molar-refractivity contribution in [3.05, 3.63) is 34.9 Å². The summed E-state index contributed by atoms with van der Waals surface area (Å²) in [6.45, 7) is 5.11. The number of benzene rings is 1. The minimum Gasteiger partial charge on any atom is -0.379 e. The molecule has 102 valence electrons. The van der Waals surface area contributed by atoms with Gasteiger partial charge in [0.2, 0.25) is 0 Å². The van der Waals surface area contributed by atoms with E-state index in [-0.39, 0.29) is 11.7 Å². The molecule has 0 bridgehead atoms. The number of methoxy groups -OCH3 is 1. The molecular weight excluding hydrogens is 250 g/mol. The second-order valence-corrected chi connectivity index (χ2v) is 5.30. The molecule has 0 aliphatic carbocycles. The average Bonchev–Trinajstić information content (AvgIpc) is 2.34. The van der Waals surface area contributed by atoms with Gasteiger partial charge in [0.15, 0.2) is 0 Å². The van der Waals surface area contributed by atoms with E-state index < -0.39 is 0 Å². The van der Waals surface area contributed by atoms with Crippen LogP contribution in [-0.4, -0.2) is 25.9 Å². The van der Waals surface area contributed by atoms with E-state index in [1.165, 1.54) is 0 Å². The van der Waals surface area contributed by atoms with E-state index in [9.17, 15) is 0 Å². The van der Waals surface area contributed by atoms with Crippen LogP contribution in [0.4, 0.5) is 0 Å². The zero-order valence-electron chi connectivity index (χ0n) is 11.3. The molecule has 0 radical (unpaired) electrons. The molecule has 4 heteroatoms. The third kappa shape index (κ3) is 4.94. The van der Waals surface area contributed by atoms with Crippen LogP contribution in [0.25, 0.3) is 0 Å². The fourth-order valence-corrected chi connectivity index (χ4v) is 1.75. The van der Waals surface area contributed by atoms with Crippen molar-refractivity contribution in [1.82, 2.24) is 0 Å². The van der Waals surface area contributed by atoms with Crippen molar-refractivity contribution >= 4 is 11.6 Å². The van der Waals surface area contributed by atoms with Crippen molar-refractivity contribution in [3.8, 4) is 0 Å². The van der Waals surface area contributed by atoms with Gasteiger partial charge in [0.1, 0.15) is 0 Å². The highest BCUT2D eigenvalue weighted by Crippen LogP contribution is 2.21. The van der Waals surface area contributed by atoms with Crippen molar-refractivity contribution < 1.29 is 9.47 Å². The summed E-state index contributed by atoms with van der Waals surface area (Å²) in [6.07, 6.45) is 0.706. The summed E-state index contributed by atoms with van der Waals surface area (Å²) in [6, 6.07) is 7.61. The van der Waals surface area contributed by atoms with Gasteiger partial charge in [-0.25, -0.2) is 0 Å². The predicted molar refractivity (Wildman–Crippen MR) is 74.9 cm³/mol. The van der Waals surface area contributed by atoms with Crippen molar-refractivity contribution in [1.29, 1.82) is 0 Å². The van der Waals surface area contributed by atoms with Crippen molar-refractivity contribution in [2.45, 2.75) is 32.0 Å². The van der Waals surface area contributed by atoms with Gasteiger partial charge < -0.3 is 15.2 Å². The van der Waals surface area contributed by atoms with Crippen LogP contribution in [0.15, 0.2) is 24.3 Å². The third-order valence-corrected chi connectivity index (χ3v) is 3.25. The molecule has 3 nitrogen and oxygen atoms in total. The summed E-state index contributed by atoms with van der Waals surface area (Å²) >= 11 is 5.96.